The highest BCUT2D eigenvalue weighted by Gasteiger charge is 2.39. The third-order valence-electron chi connectivity index (χ3n) is 7.11. The van der Waals surface area contributed by atoms with Gasteiger partial charge in [0.2, 0.25) is 5.78 Å². The van der Waals surface area contributed by atoms with Gasteiger partial charge >= 0.3 is 6.18 Å². The number of aromatic nitrogens is 4. The SMILES string of the molecule is Cc1nc2c3c(c(C(F)(F)F)cc2n1C)-c1cccc2c(C(=O)c4cc(F)c(NC(C)Cl)c(F)c4)nn(c12)CCO3. The van der Waals surface area contributed by atoms with Gasteiger partial charge in [-0.15, -0.1) is 0 Å². The Labute approximate surface area is 234 Å². The van der Waals surface area contributed by atoms with Crippen LogP contribution in [0.1, 0.15) is 34.4 Å². The molecule has 1 aliphatic heterocycles. The standard InChI is InChI=1S/C28H21ClF5N5O2/c1-12(29)35-23-18(30)9-14(10-19(23)31)26(40)22-16-6-4-5-15-21-17(28(32,33)34)11-20-24(36-13(2)38(20)3)27(21)41-8-7-39(37-22)25(15)16/h4-6,9-12,35H,7-8H2,1-3H3. The lowest BCUT2D eigenvalue weighted by Gasteiger charge is -2.22. The van der Waals surface area contributed by atoms with E-state index in [9.17, 15) is 26.7 Å². The molecular weight excluding hydrogens is 569 g/mol. The van der Waals surface area contributed by atoms with Crippen LogP contribution in [0.5, 0.6) is 5.75 Å². The zero-order valence-electron chi connectivity index (χ0n) is 21.8. The summed E-state index contributed by atoms with van der Waals surface area (Å²) in [6.07, 6.45) is -4.75. The summed E-state index contributed by atoms with van der Waals surface area (Å²) in [5.41, 5.74) is -1.99. The molecule has 0 spiro atoms. The molecule has 3 heterocycles. The number of rotatable bonds is 4. The Hall–Kier alpha value is -4.19. The van der Waals surface area contributed by atoms with Gasteiger partial charge < -0.3 is 14.6 Å². The Kier molecular flexibility index (Phi) is 6.22. The van der Waals surface area contributed by atoms with E-state index in [1.165, 1.54) is 29.8 Å². The first-order valence-corrected chi connectivity index (χ1v) is 12.9. The molecule has 6 rings (SSSR count). The number of para-hydroxylation sites is 1. The van der Waals surface area contributed by atoms with Crippen LogP contribution in [0.3, 0.4) is 0 Å². The summed E-state index contributed by atoms with van der Waals surface area (Å²) in [5.74, 6) is -2.39. The fraction of sp³-hybridized carbons (Fsp3) is 0.250. The maximum atomic E-state index is 14.7. The number of anilines is 1. The van der Waals surface area contributed by atoms with Gasteiger partial charge in [0.1, 0.15) is 41.0 Å². The highest BCUT2D eigenvalue weighted by atomic mass is 35.5. The first kappa shape index (κ1) is 27.0. The van der Waals surface area contributed by atoms with E-state index in [4.69, 9.17) is 16.3 Å². The number of carbonyl (C=O) groups is 1. The number of benzene rings is 3. The third-order valence-corrected chi connectivity index (χ3v) is 7.22. The predicted molar refractivity (Wildman–Crippen MR) is 143 cm³/mol. The highest BCUT2D eigenvalue weighted by Crippen LogP contribution is 2.48. The molecule has 0 saturated carbocycles. The summed E-state index contributed by atoms with van der Waals surface area (Å²) < 4.78 is 81.9. The van der Waals surface area contributed by atoms with Gasteiger partial charge in [-0.25, -0.2) is 13.8 Å². The number of aryl methyl sites for hydroxylation is 2. The number of nitrogens with zero attached hydrogens (tertiary/aromatic N) is 4. The second kappa shape index (κ2) is 9.44. The molecule has 0 aliphatic carbocycles. The maximum Gasteiger partial charge on any atom is 0.417 e. The second-order valence-electron chi connectivity index (χ2n) is 9.74. The first-order valence-electron chi connectivity index (χ1n) is 12.5. The Balaban J connectivity index is 1.60. The number of nitrogens with one attached hydrogen (secondary N) is 1. The van der Waals surface area contributed by atoms with Crippen LogP contribution in [-0.4, -0.2) is 37.2 Å². The van der Waals surface area contributed by atoms with Crippen LogP contribution in [0, 0.1) is 18.6 Å². The van der Waals surface area contributed by atoms with E-state index in [1.54, 1.807) is 18.5 Å². The molecule has 3 aromatic carbocycles. The lowest BCUT2D eigenvalue weighted by molar-refractivity contribution is -0.137. The van der Waals surface area contributed by atoms with Crippen LogP contribution in [0.2, 0.25) is 0 Å². The summed E-state index contributed by atoms with van der Waals surface area (Å²) >= 11 is 5.79. The normalized spacial score (nSPS) is 14.0. The van der Waals surface area contributed by atoms with Gasteiger partial charge in [0.05, 0.1) is 28.6 Å². The summed E-state index contributed by atoms with van der Waals surface area (Å²) in [4.78, 5) is 18.0. The molecule has 1 atom stereocenters. The summed E-state index contributed by atoms with van der Waals surface area (Å²) in [6.45, 7) is 3.18. The molecule has 0 radical (unpaired) electrons. The number of halogens is 6. The van der Waals surface area contributed by atoms with Crippen LogP contribution < -0.4 is 10.1 Å². The molecule has 0 amide bonds. The molecule has 7 nitrogen and oxygen atoms in total. The summed E-state index contributed by atoms with van der Waals surface area (Å²) in [5, 5.41) is 7.04. The smallest absolute Gasteiger partial charge is 0.417 e. The van der Waals surface area contributed by atoms with Crippen molar-refractivity contribution in [3.05, 3.63) is 70.7 Å². The van der Waals surface area contributed by atoms with Crippen LogP contribution in [0.15, 0.2) is 36.4 Å². The molecule has 1 N–H and O–H groups in total. The highest BCUT2D eigenvalue weighted by molar-refractivity contribution is 6.21. The minimum atomic E-state index is -4.75. The third kappa shape index (κ3) is 4.28. The van der Waals surface area contributed by atoms with E-state index in [0.29, 0.717) is 5.82 Å². The van der Waals surface area contributed by atoms with E-state index in [1.807, 2.05) is 0 Å². The van der Waals surface area contributed by atoms with Crippen molar-refractivity contribution in [1.82, 2.24) is 19.3 Å². The van der Waals surface area contributed by atoms with Crippen molar-refractivity contribution >= 4 is 45.0 Å². The molecule has 0 fully saturated rings. The summed E-state index contributed by atoms with van der Waals surface area (Å²) in [6, 6.07) is 7.28. The number of ether oxygens (including phenoxy) is 1. The monoisotopic (exact) mass is 589 g/mol. The van der Waals surface area contributed by atoms with E-state index in [-0.39, 0.29) is 63.2 Å². The van der Waals surface area contributed by atoms with Crippen LogP contribution in [-0.2, 0) is 19.8 Å². The number of hydrogen-bond donors (Lipinski definition) is 1. The minimum absolute atomic E-state index is 0.0212. The predicted octanol–water partition coefficient (Wildman–Crippen LogP) is 6.82. The lowest BCUT2D eigenvalue weighted by atomic mass is 9.94. The Morgan fingerprint density at radius 2 is 1.88 bits per heavy atom. The second-order valence-corrected chi connectivity index (χ2v) is 10.4. The molecular formula is C28H21ClF5N5O2. The number of fused-ring (bicyclic) bond motifs is 4. The van der Waals surface area contributed by atoms with Crippen molar-refractivity contribution in [3.8, 4) is 16.9 Å². The Morgan fingerprint density at radius 3 is 2.54 bits per heavy atom. The zero-order chi connectivity index (χ0) is 29.4. The molecule has 1 aliphatic rings. The fourth-order valence-electron chi connectivity index (χ4n) is 5.22. The number of imidazole rings is 1. The van der Waals surface area contributed by atoms with Gasteiger partial charge in [-0.2, -0.15) is 18.3 Å². The number of ketones is 1. The van der Waals surface area contributed by atoms with Crippen molar-refractivity contribution in [2.24, 2.45) is 7.05 Å². The number of hydrogen-bond acceptors (Lipinski definition) is 5. The molecule has 41 heavy (non-hydrogen) atoms. The van der Waals surface area contributed by atoms with E-state index >= 15 is 0 Å². The van der Waals surface area contributed by atoms with Crippen LogP contribution in [0.25, 0.3) is 33.1 Å². The Bertz CT molecular complexity index is 1870. The van der Waals surface area contributed by atoms with Gasteiger partial charge in [0.15, 0.2) is 5.75 Å². The molecule has 0 bridgehead atoms. The van der Waals surface area contributed by atoms with Crippen molar-refractivity contribution < 1.29 is 31.5 Å². The maximum absolute atomic E-state index is 14.7. The van der Waals surface area contributed by atoms with Crippen molar-refractivity contribution in [2.45, 2.75) is 32.1 Å². The average molecular weight is 590 g/mol. The minimum Gasteiger partial charge on any atom is -0.489 e. The van der Waals surface area contributed by atoms with Crippen LogP contribution >= 0.6 is 11.6 Å². The van der Waals surface area contributed by atoms with Gasteiger partial charge in [0, 0.05) is 29.1 Å². The van der Waals surface area contributed by atoms with Gasteiger partial charge in [-0.1, -0.05) is 29.8 Å². The molecule has 13 heteroatoms. The van der Waals surface area contributed by atoms with E-state index in [0.717, 1.165) is 18.2 Å². The molecule has 5 aromatic rings. The fourth-order valence-corrected chi connectivity index (χ4v) is 5.33. The zero-order valence-corrected chi connectivity index (χ0v) is 22.6. The number of carbonyl (C=O) groups excluding carboxylic acids is 1. The molecule has 2 aromatic heterocycles. The Morgan fingerprint density at radius 1 is 1.17 bits per heavy atom. The topological polar surface area (TPSA) is 74.0 Å². The van der Waals surface area contributed by atoms with E-state index < -0.39 is 40.3 Å². The van der Waals surface area contributed by atoms with Gasteiger partial charge in [0.25, 0.3) is 0 Å². The van der Waals surface area contributed by atoms with Gasteiger partial charge in [-0.05, 0) is 32.0 Å². The molecule has 1 unspecified atom stereocenters. The average Bonchev–Trinajstić information content (AvgIpc) is 3.40. The quantitative estimate of drug-likeness (QED) is 0.108. The van der Waals surface area contributed by atoms with Crippen molar-refractivity contribution in [2.75, 3.05) is 11.9 Å². The van der Waals surface area contributed by atoms with Crippen molar-refractivity contribution in [3.63, 3.8) is 0 Å². The lowest BCUT2D eigenvalue weighted by Crippen LogP contribution is -2.16. The molecule has 0 saturated heterocycles. The van der Waals surface area contributed by atoms with Crippen LogP contribution in [0.4, 0.5) is 27.6 Å². The van der Waals surface area contributed by atoms with Gasteiger partial charge in [-0.3, -0.25) is 9.48 Å². The largest absolute Gasteiger partial charge is 0.489 e. The number of alkyl halides is 4. The van der Waals surface area contributed by atoms with E-state index in [2.05, 4.69) is 15.4 Å². The summed E-state index contributed by atoms with van der Waals surface area (Å²) in [7, 11) is 1.62. The molecule has 212 valence electrons. The van der Waals surface area contributed by atoms with Crippen molar-refractivity contribution in [1.29, 1.82) is 0 Å². The first-order chi connectivity index (χ1) is 19.4.